The molecule has 138 valence electrons. The number of nitrogens with one attached hydrogen (secondary N) is 1. The summed E-state index contributed by atoms with van der Waals surface area (Å²) < 4.78 is 30.4. The van der Waals surface area contributed by atoms with Crippen LogP contribution >= 0.6 is 11.6 Å². The summed E-state index contributed by atoms with van der Waals surface area (Å²) >= 11 is 5.95. The van der Waals surface area contributed by atoms with E-state index in [1.807, 2.05) is 6.92 Å². The Morgan fingerprint density at radius 3 is 2.56 bits per heavy atom. The normalized spacial score (nSPS) is 13.0. The number of allylic oxidation sites excluding steroid dienone is 1. The zero-order chi connectivity index (χ0) is 19.2. The first-order valence-electron chi connectivity index (χ1n) is 7.49. The number of carbonyl (C=O) groups excluding carboxylic acids is 2. The summed E-state index contributed by atoms with van der Waals surface area (Å²) in [4.78, 5) is 23.4. The van der Waals surface area contributed by atoms with Gasteiger partial charge in [-0.3, -0.25) is 4.79 Å². The van der Waals surface area contributed by atoms with E-state index in [0.29, 0.717) is 6.42 Å². The van der Waals surface area contributed by atoms with Crippen LogP contribution in [0.4, 0.5) is 5.69 Å². The summed E-state index contributed by atoms with van der Waals surface area (Å²) in [6, 6.07) is 4.08. The Labute approximate surface area is 152 Å². The Balaban J connectivity index is 2.92. The first-order chi connectivity index (χ1) is 11.6. The van der Waals surface area contributed by atoms with Crippen molar-refractivity contribution in [3.63, 3.8) is 0 Å². The van der Waals surface area contributed by atoms with Crippen LogP contribution < -0.4 is 5.32 Å². The predicted octanol–water partition coefficient (Wildman–Crippen LogP) is 2.43. The summed E-state index contributed by atoms with van der Waals surface area (Å²) in [5, 5.41) is 2.54. The van der Waals surface area contributed by atoms with E-state index >= 15 is 0 Å². The fourth-order valence-electron chi connectivity index (χ4n) is 1.70. The molecule has 1 aromatic carbocycles. The van der Waals surface area contributed by atoms with Gasteiger partial charge in [-0.2, -0.15) is 0 Å². The van der Waals surface area contributed by atoms with Gasteiger partial charge >= 0.3 is 5.97 Å². The van der Waals surface area contributed by atoms with Crippen molar-refractivity contribution in [1.29, 1.82) is 0 Å². The minimum absolute atomic E-state index is 0.0379. The lowest BCUT2D eigenvalue weighted by molar-refractivity contribution is -0.148. The number of benzene rings is 1. The van der Waals surface area contributed by atoms with Crippen LogP contribution in [0, 0.1) is 0 Å². The number of ether oxygens (including phenoxy) is 1. The molecule has 0 saturated carbocycles. The van der Waals surface area contributed by atoms with Crippen LogP contribution in [0.15, 0.2) is 35.2 Å². The molecule has 0 aromatic heterocycles. The van der Waals surface area contributed by atoms with Crippen molar-refractivity contribution in [1.82, 2.24) is 4.31 Å². The van der Waals surface area contributed by atoms with Gasteiger partial charge in [-0.05, 0) is 31.5 Å². The minimum atomic E-state index is -3.76. The number of halogens is 1. The van der Waals surface area contributed by atoms with E-state index < -0.39 is 28.0 Å². The highest BCUT2D eigenvalue weighted by atomic mass is 35.5. The van der Waals surface area contributed by atoms with Gasteiger partial charge in [0.25, 0.3) is 5.91 Å². The molecule has 0 saturated heterocycles. The third kappa shape index (κ3) is 5.84. The average Bonchev–Trinajstić information content (AvgIpc) is 2.54. The first kappa shape index (κ1) is 21.1. The summed E-state index contributed by atoms with van der Waals surface area (Å²) in [6.07, 6.45) is 2.49. The first-order valence-corrected chi connectivity index (χ1v) is 9.31. The molecule has 0 aliphatic heterocycles. The van der Waals surface area contributed by atoms with Crippen LogP contribution in [0.2, 0.25) is 5.02 Å². The SMILES string of the molecule is CC/C=C/C(=O)O[C@H](C)C(=O)Nc1ccc(Cl)c(S(=O)(=O)N(C)C)c1. The van der Waals surface area contributed by atoms with Gasteiger partial charge in [-0.1, -0.05) is 24.6 Å². The number of anilines is 1. The zero-order valence-corrected chi connectivity index (χ0v) is 16.0. The van der Waals surface area contributed by atoms with Gasteiger partial charge in [-0.15, -0.1) is 0 Å². The monoisotopic (exact) mass is 388 g/mol. The molecule has 0 bridgehead atoms. The number of sulfonamides is 1. The Bertz CT molecular complexity index is 775. The minimum Gasteiger partial charge on any atom is -0.449 e. The standard InChI is InChI=1S/C16H21ClN2O5S/c1-5-6-7-15(20)24-11(2)16(21)18-12-8-9-13(17)14(10-12)25(22,23)19(3)4/h6-11H,5H2,1-4H3,(H,18,21)/b7-6+/t11-/m1/s1. The third-order valence-corrected chi connectivity index (χ3v) is 5.41. The molecule has 0 radical (unpaired) electrons. The van der Waals surface area contributed by atoms with Crippen molar-refractivity contribution in [2.24, 2.45) is 0 Å². The summed E-state index contributed by atoms with van der Waals surface area (Å²) in [7, 11) is -1.01. The maximum Gasteiger partial charge on any atom is 0.331 e. The maximum absolute atomic E-state index is 12.2. The fraction of sp³-hybridized carbons (Fsp3) is 0.375. The molecule has 0 heterocycles. The van der Waals surface area contributed by atoms with Crippen LogP contribution in [0.25, 0.3) is 0 Å². The maximum atomic E-state index is 12.2. The highest BCUT2D eigenvalue weighted by molar-refractivity contribution is 7.89. The van der Waals surface area contributed by atoms with Gasteiger partial charge in [0.1, 0.15) is 4.90 Å². The van der Waals surface area contributed by atoms with Gasteiger partial charge in [0.05, 0.1) is 5.02 Å². The molecule has 0 aliphatic rings. The summed E-state index contributed by atoms with van der Waals surface area (Å²) in [6.45, 7) is 3.28. The Hall–Kier alpha value is -1.90. The fourth-order valence-corrected chi connectivity index (χ4v) is 3.09. The van der Waals surface area contributed by atoms with Gasteiger partial charge in [0.15, 0.2) is 6.10 Å². The lowest BCUT2D eigenvalue weighted by atomic mass is 10.3. The molecular weight excluding hydrogens is 368 g/mol. The topological polar surface area (TPSA) is 92.8 Å². The Kier molecular flexibility index (Phi) is 7.60. The van der Waals surface area contributed by atoms with Crippen LogP contribution in [0.3, 0.4) is 0 Å². The van der Waals surface area contributed by atoms with Crippen molar-refractivity contribution >= 4 is 39.2 Å². The van der Waals surface area contributed by atoms with E-state index in [2.05, 4.69) is 5.32 Å². The van der Waals surface area contributed by atoms with Crippen molar-refractivity contribution in [3.05, 3.63) is 35.4 Å². The number of rotatable bonds is 7. The van der Waals surface area contributed by atoms with E-state index in [1.54, 1.807) is 6.08 Å². The smallest absolute Gasteiger partial charge is 0.331 e. The molecule has 25 heavy (non-hydrogen) atoms. The molecule has 0 aliphatic carbocycles. The Morgan fingerprint density at radius 1 is 1.36 bits per heavy atom. The highest BCUT2D eigenvalue weighted by Gasteiger charge is 2.22. The van der Waals surface area contributed by atoms with Crippen molar-refractivity contribution < 1.29 is 22.7 Å². The molecule has 0 spiro atoms. The second kappa shape index (κ2) is 8.98. The molecule has 9 heteroatoms. The summed E-state index contributed by atoms with van der Waals surface area (Å²) in [5.74, 6) is -1.22. The number of esters is 1. The van der Waals surface area contributed by atoms with Gasteiger partial charge in [0, 0.05) is 25.9 Å². The van der Waals surface area contributed by atoms with Crippen LogP contribution in [0.1, 0.15) is 20.3 Å². The third-order valence-electron chi connectivity index (χ3n) is 3.11. The van der Waals surface area contributed by atoms with Crippen LogP contribution in [-0.2, 0) is 24.3 Å². The zero-order valence-electron chi connectivity index (χ0n) is 14.4. The number of hydrogen-bond acceptors (Lipinski definition) is 5. The lowest BCUT2D eigenvalue weighted by Gasteiger charge is -2.15. The quantitative estimate of drug-likeness (QED) is 0.572. The summed E-state index contributed by atoms with van der Waals surface area (Å²) in [5.41, 5.74) is 0.224. The molecule has 0 fully saturated rings. The van der Waals surface area contributed by atoms with Crippen LogP contribution in [0.5, 0.6) is 0 Å². The molecule has 1 aromatic rings. The molecule has 7 nitrogen and oxygen atoms in total. The highest BCUT2D eigenvalue weighted by Crippen LogP contribution is 2.26. The van der Waals surface area contributed by atoms with E-state index in [9.17, 15) is 18.0 Å². The predicted molar refractivity (Wildman–Crippen MR) is 95.9 cm³/mol. The number of carbonyl (C=O) groups is 2. The Morgan fingerprint density at radius 2 is 2.00 bits per heavy atom. The van der Waals surface area contributed by atoms with Crippen molar-refractivity contribution in [2.45, 2.75) is 31.3 Å². The number of nitrogens with zero attached hydrogens (tertiary/aromatic N) is 1. The van der Waals surface area contributed by atoms with E-state index in [4.69, 9.17) is 16.3 Å². The molecular formula is C16H21ClN2O5S. The average molecular weight is 389 g/mol. The molecule has 1 amide bonds. The number of amides is 1. The van der Waals surface area contributed by atoms with Crippen molar-refractivity contribution in [2.75, 3.05) is 19.4 Å². The molecule has 1 atom stereocenters. The second-order valence-electron chi connectivity index (χ2n) is 5.31. The number of hydrogen-bond donors (Lipinski definition) is 1. The molecule has 0 unspecified atom stereocenters. The van der Waals surface area contributed by atoms with Gasteiger partial charge in [-0.25, -0.2) is 17.5 Å². The van der Waals surface area contributed by atoms with Crippen LogP contribution in [-0.4, -0.2) is 44.8 Å². The van der Waals surface area contributed by atoms with Gasteiger partial charge < -0.3 is 10.1 Å². The largest absolute Gasteiger partial charge is 0.449 e. The molecule has 1 N–H and O–H groups in total. The van der Waals surface area contributed by atoms with E-state index in [1.165, 1.54) is 45.3 Å². The second-order valence-corrected chi connectivity index (χ2v) is 7.84. The molecule has 1 rings (SSSR count). The van der Waals surface area contributed by atoms with E-state index in [0.717, 1.165) is 4.31 Å². The van der Waals surface area contributed by atoms with E-state index in [-0.39, 0.29) is 15.6 Å². The lowest BCUT2D eigenvalue weighted by Crippen LogP contribution is -2.29. The van der Waals surface area contributed by atoms with Gasteiger partial charge in [0.2, 0.25) is 10.0 Å². The van der Waals surface area contributed by atoms with Crippen molar-refractivity contribution in [3.8, 4) is 0 Å².